The van der Waals surface area contributed by atoms with Crippen LogP contribution in [0.4, 0.5) is 14.6 Å². The van der Waals surface area contributed by atoms with Crippen molar-refractivity contribution in [1.29, 1.82) is 0 Å². The van der Waals surface area contributed by atoms with Gasteiger partial charge in [-0.2, -0.15) is 4.39 Å². The van der Waals surface area contributed by atoms with E-state index in [1.165, 1.54) is 25.4 Å². The molecule has 194 valence electrons. The van der Waals surface area contributed by atoms with Crippen molar-refractivity contribution in [3.8, 4) is 34.0 Å². The molecule has 0 radical (unpaired) electrons. The smallest absolute Gasteiger partial charge is 0.255 e. The molecule has 0 amide bonds. The maximum Gasteiger partial charge on any atom is 0.255 e. The van der Waals surface area contributed by atoms with Crippen molar-refractivity contribution in [2.45, 2.75) is 75.3 Å². The monoisotopic (exact) mass is 508 g/mol. The van der Waals surface area contributed by atoms with Gasteiger partial charge in [-0.1, -0.05) is 6.07 Å². The van der Waals surface area contributed by atoms with Crippen molar-refractivity contribution in [3.05, 3.63) is 42.6 Å². The number of rotatable bonds is 6. The Labute approximate surface area is 214 Å². The summed E-state index contributed by atoms with van der Waals surface area (Å²) in [6.45, 7) is 4.16. The first-order valence-corrected chi connectivity index (χ1v) is 12.6. The van der Waals surface area contributed by atoms with Gasteiger partial charge in [0, 0.05) is 28.9 Å². The van der Waals surface area contributed by atoms with E-state index in [4.69, 9.17) is 4.74 Å². The van der Waals surface area contributed by atoms with Gasteiger partial charge in [-0.3, -0.25) is 0 Å². The molecular weight excluding hydrogens is 478 g/mol. The van der Waals surface area contributed by atoms with Crippen LogP contribution in [0.15, 0.2) is 36.7 Å². The second-order valence-corrected chi connectivity index (χ2v) is 11.0. The summed E-state index contributed by atoms with van der Waals surface area (Å²) in [7, 11) is 1.37. The number of hydrogen-bond donors (Lipinski definition) is 2. The number of phenolic OH excluding ortho intramolecular Hbond substituents is 1. The molecule has 10 heteroatoms. The Hall–Kier alpha value is -3.40. The fourth-order valence-corrected chi connectivity index (χ4v) is 6.06. The molecule has 1 aromatic carbocycles. The first kappa shape index (κ1) is 24.0. The van der Waals surface area contributed by atoms with Crippen LogP contribution in [0.5, 0.6) is 11.5 Å². The van der Waals surface area contributed by atoms with E-state index in [9.17, 15) is 9.50 Å². The second-order valence-electron chi connectivity index (χ2n) is 11.0. The minimum Gasteiger partial charge on any atom is -0.507 e. The molecule has 8 nitrogen and oxygen atoms in total. The number of nitrogens with zero attached hydrogens (tertiary/aromatic N) is 5. The number of anilines is 1. The van der Waals surface area contributed by atoms with Crippen LogP contribution in [-0.2, 0) is 0 Å². The summed E-state index contributed by atoms with van der Waals surface area (Å²) in [4.78, 5) is 10.3. The van der Waals surface area contributed by atoms with Crippen LogP contribution in [0.1, 0.15) is 46.0 Å². The summed E-state index contributed by atoms with van der Waals surface area (Å²) < 4.78 is 34.5. The number of phenols is 1. The normalized spacial score (nSPS) is 28.8. The number of hydrogen-bond acceptors (Lipinski definition) is 8. The number of nitrogens with one attached hydrogen (secondary N) is 1. The van der Waals surface area contributed by atoms with E-state index >= 15 is 4.39 Å². The van der Waals surface area contributed by atoms with E-state index in [1.54, 1.807) is 18.3 Å². The molecule has 3 aromatic rings. The summed E-state index contributed by atoms with van der Waals surface area (Å²) in [5, 5.41) is 23.0. The highest BCUT2D eigenvalue weighted by molar-refractivity contribution is 5.73. The van der Waals surface area contributed by atoms with Gasteiger partial charge in [0.25, 0.3) is 5.95 Å². The number of piperidine rings is 1. The highest BCUT2D eigenvalue weighted by Gasteiger charge is 2.58. The Morgan fingerprint density at radius 3 is 2.57 bits per heavy atom. The standard InChI is InChI=1S/C27H30F2N6O2/c1-26-8-9-27(2,34-26)23(28)19(12-26)35(17-5-6-17)22-14-31-25(33-32-22)18-7-4-15(10-20(18)36)16-11-21(37-3)24(29)30-13-16/h4,7,10-11,13-14,17,19,23,34,36H,5-6,8-9,12H2,1-3H3/t19-,23-,26-,27+/m1/s1. The number of fused-ring (bicyclic) bond motifs is 2. The van der Waals surface area contributed by atoms with Gasteiger partial charge in [0.05, 0.1) is 24.9 Å². The summed E-state index contributed by atoms with van der Waals surface area (Å²) >= 11 is 0. The van der Waals surface area contributed by atoms with Gasteiger partial charge in [-0.25, -0.2) is 14.4 Å². The lowest BCUT2D eigenvalue weighted by Crippen LogP contribution is -2.66. The third-order valence-corrected chi connectivity index (χ3v) is 8.10. The number of aromatic hydroxyl groups is 1. The molecule has 6 rings (SSSR count). The van der Waals surface area contributed by atoms with Crippen molar-refractivity contribution >= 4 is 5.82 Å². The van der Waals surface area contributed by atoms with Crippen LogP contribution in [0.25, 0.3) is 22.5 Å². The lowest BCUT2D eigenvalue weighted by molar-refractivity contribution is 0.0831. The first-order valence-electron chi connectivity index (χ1n) is 12.6. The van der Waals surface area contributed by atoms with Crippen LogP contribution in [0.2, 0.25) is 0 Å². The van der Waals surface area contributed by atoms with E-state index in [2.05, 4.69) is 37.3 Å². The van der Waals surface area contributed by atoms with Crippen LogP contribution in [0, 0.1) is 5.95 Å². The Balaban J connectivity index is 1.27. The minimum absolute atomic E-state index is 0.0182. The van der Waals surface area contributed by atoms with Gasteiger partial charge in [0.2, 0.25) is 0 Å². The topological polar surface area (TPSA) is 96.3 Å². The van der Waals surface area contributed by atoms with Crippen LogP contribution >= 0.6 is 0 Å². The quantitative estimate of drug-likeness (QED) is 0.472. The Morgan fingerprint density at radius 1 is 1.08 bits per heavy atom. The van der Waals surface area contributed by atoms with E-state index < -0.39 is 17.7 Å². The lowest BCUT2D eigenvalue weighted by atomic mass is 9.82. The molecular formula is C27H30F2N6O2. The Morgan fingerprint density at radius 2 is 1.89 bits per heavy atom. The number of alkyl halides is 1. The Bertz CT molecular complexity index is 1340. The predicted molar refractivity (Wildman–Crippen MR) is 135 cm³/mol. The maximum atomic E-state index is 15.8. The minimum atomic E-state index is -1.03. The van der Waals surface area contributed by atoms with Crippen molar-refractivity contribution in [2.24, 2.45) is 0 Å². The second kappa shape index (κ2) is 8.58. The molecule has 1 saturated carbocycles. The third kappa shape index (κ3) is 4.17. The van der Waals surface area contributed by atoms with Crippen molar-refractivity contribution < 1.29 is 18.6 Å². The molecule has 2 N–H and O–H groups in total. The molecule has 3 aliphatic rings. The third-order valence-electron chi connectivity index (χ3n) is 8.10. The molecule has 0 spiro atoms. The van der Waals surface area contributed by atoms with E-state index in [0.29, 0.717) is 28.9 Å². The van der Waals surface area contributed by atoms with Crippen LogP contribution in [-0.4, -0.2) is 61.7 Å². The molecule has 4 heterocycles. The van der Waals surface area contributed by atoms with Gasteiger partial charge in [0.1, 0.15) is 11.9 Å². The zero-order chi connectivity index (χ0) is 25.9. The number of ether oxygens (including phenoxy) is 1. The molecule has 37 heavy (non-hydrogen) atoms. The van der Waals surface area contributed by atoms with E-state index in [1.807, 2.05) is 6.92 Å². The number of benzene rings is 1. The number of pyridine rings is 1. The summed E-state index contributed by atoms with van der Waals surface area (Å²) in [5.41, 5.74) is 1.00. The Kier molecular flexibility index (Phi) is 5.56. The fraction of sp³-hybridized carbons (Fsp3) is 0.481. The zero-order valence-electron chi connectivity index (χ0n) is 21.1. The van der Waals surface area contributed by atoms with Gasteiger partial charge in [0.15, 0.2) is 17.4 Å². The SMILES string of the molecule is COc1cc(-c2ccc(-c3ncc(N(C4CC4)[C@@H]4C[C@@]5(C)CC[C@](C)(N5)[C@@H]4F)nn3)c(O)c2)cnc1F. The number of methoxy groups -OCH3 is 1. The lowest BCUT2D eigenvalue weighted by Gasteiger charge is -2.48. The number of aromatic nitrogens is 4. The average Bonchev–Trinajstić information content (AvgIpc) is 3.68. The number of halogens is 2. The molecule has 2 aromatic heterocycles. The van der Waals surface area contributed by atoms with Crippen molar-refractivity contribution in [1.82, 2.24) is 25.5 Å². The summed E-state index contributed by atoms with van der Waals surface area (Å²) in [6, 6.07) is 6.45. The molecule has 2 aliphatic heterocycles. The molecule has 3 fully saturated rings. The zero-order valence-corrected chi connectivity index (χ0v) is 21.1. The largest absolute Gasteiger partial charge is 0.507 e. The van der Waals surface area contributed by atoms with Crippen molar-refractivity contribution in [2.75, 3.05) is 12.0 Å². The average molecular weight is 509 g/mol. The predicted octanol–water partition coefficient (Wildman–Crippen LogP) is 4.43. The highest BCUT2D eigenvalue weighted by Crippen LogP contribution is 2.47. The maximum absolute atomic E-state index is 15.8. The van der Waals surface area contributed by atoms with E-state index in [-0.39, 0.29) is 34.9 Å². The summed E-state index contributed by atoms with van der Waals surface area (Å²) in [6.07, 6.45) is 6.45. The van der Waals surface area contributed by atoms with Gasteiger partial charge >= 0.3 is 0 Å². The molecule has 1 aliphatic carbocycles. The summed E-state index contributed by atoms with van der Waals surface area (Å²) in [5.74, 6) is 0.0949. The molecule has 0 unspecified atom stereocenters. The van der Waals surface area contributed by atoms with Crippen molar-refractivity contribution in [3.63, 3.8) is 0 Å². The molecule has 4 atom stereocenters. The molecule has 2 saturated heterocycles. The van der Waals surface area contributed by atoms with Gasteiger partial charge < -0.3 is 20.1 Å². The van der Waals surface area contributed by atoms with E-state index in [0.717, 1.165) is 25.7 Å². The fourth-order valence-electron chi connectivity index (χ4n) is 6.06. The molecule has 2 bridgehead atoms. The first-order chi connectivity index (χ1) is 17.7. The van der Waals surface area contributed by atoms with Gasteiger partial charge in [-0.05, 0) is 69.7 Å². The van der Waals surface area contributed by atoms with Crippen LogP contribution < -0.4 is 15.0 Å². The van der Waals surface area contributed by atoms with Gasteiger partial charge in [-0.15, -0.1) is 10.2 Å². The highest BCUT2D eigenvalue weighted by atomic mass is 19.1. The van der Waals surface area contributed by atoms with Crippen LogP contribution in [0.3, 0.4) is 0 Å².